The summed E-state index contributed by atoms with van der Waals surface area (Å²) in [6.07, 6.45) is 3.19. The predicted octanol–water partition coefficient (Wildman–Crippen LogP) is 3.28. The molecule has 0 saturated carbocycles. The number of nitro benzene ring substituents is 1. The van der Waals surface area contributed by atoms with Crippen LogP contribution in [0.25, 0.3) is 6.08 Å². The van der Waals surface area contributed by atoms with Crippen molar-refractivity contribution in [3.8, 4) is 11.5 Å². The standard InChI is InChI=1S/C27H25N3O7S/c1-5-13-37-19-10-8-18(9-11-19)24-23(26(32)36-6-2)16(3)28-27-29(24)25(31)22(38-27)15-17-7-12-21(35-4)20(14-17)30(33)34/h5,7-12,14-15,24H,1,6,13H2,2-4H3/b22-15-/t24-/m1/s1. The third kappa shape index (κ3) is 5.14. The molecule has 3 aromatic rings. The van der Waals surface area contributed by atoms with Gasteiger partial charge >= 0.3 is 11.7 Å². The van der Waals surface area contributed by atoms with Crippen LogP contribution in [0.3, 0.4) is 0 Å². The van der Waals surface area contributed by atoms with Gasteiger partial charge in [0.1, 0.15) is 12.4 Å². The van der Waals surface area contributed by atoms with Crippen LogP contribution in [0.2, 0.25) is 0 Å². The van der Waals surface area contributed by atoms with Gasteiger partial charge in [-0.05, 0) is 49.2 Å². The third-order valence-corrected chi connectivity index (χ3v) is 6.76. The van der Waals surface area contributed by atoms with E-state index in [1.807, 2.05) is 0 Å². The SMILES string of the molecule is C=CCOc1ccc([C@@H]2C(C(=O)OCC)=C(C)N=c3s/c(=C\c4ccc(OC)c([N+](=O)[O-])c4)c(=O)n32)cc1. The summed E-state index contributed by atoms with van der Waals surface area (Å²) in [5, 5.41) is 11.5. The Morgan fingerprint density at radius 2 is 2.00 bits per heavy atom. The lowest BCUT2D eigenvalue weighted by atomic mass is 9.96. The average molecular weight is 536 g/mol. The second-order valence-corrected chi connectivity index (χ2v) is 9.17. The van der Waals surface area contributed by atoms with Gasteiger partial charge in [0.2, 0.25) is 0 Å². The summed E-state index contributed by atoms with van der Waals surface area (Å²) >= 11 is 1.13. The molecular weight excluding hydrogens is 510 g/mol. The summed E-state index contributed by atoms with van der Waals surface area (Å²) in [5.41, 5.74) is 1.20. The minimum atomic E-state index is -0.786. The number of thiazole rings is 1. The number of carbonyl (C=O) groups excluding carboxylic acids is 1. The van der Waals surface area contributed by atoms with Gasteiger partial charge in [-0.25, -0.2) is 9.79 Å². The zero-order valence-electron chi connectivity index (χ0n) is 21.0. The van der Waals surface area contributed by atoms with Gasteiger partial charge in [0.25, 0.3) is 5.56 Å². The number of benzene rings is 2. The van der Waals surface area contributed by atoms with Crippen molar-refractivity contribution in [3.05, 3.63) is 107 Å². The van der Waals surface area contributed by atoms with Crippen LogP contribution in [-0.2, 0) is 9.53 Å². The number of hydrogen-bond donors (Lipinski definition) is 0. The Hall–Kier alpha value is -4.51. The molecule has 0 radical (unpaired) electrons. The first-order chi connectivity index (χ1) is 18.3. The van der Waals surface area contributed by atoms with Crippen LogP contribution in [0.5, 0.6) is 11.5 Å². The molecular formula is C27H25N3O7S. The molecule has 2 aromatic carbocycles. The fraction of sp³-hybridized carbons (Fsp3) is 0.222. The summed E-state index contributed by atoms with van der Waals surface area (Å²) in [5.74, 6) is 0.162. The Labute approximate surface area is 221 Å². The number of carbonyl (C=O) groups is 1. The molecule has 1 aliphatic rings. The van der Waals surface area contributed by atoms with Gasteiger partial charge in [0, 0.05) is 6.07 Å². The number of aromatic nitrogens is 1. The van der Waals surface area contributed by atoms with E-state index in [1.54, 1.807) is 56.3 Å². The van der Waals surface area contributed by atoms with Crippen molar-refractivity contribution < 1.29 is 23.9 Å². The average Bonchev–Trinajstić information content (AvgIpc) is 3.21. The van der Waals surface area contributed by atoms with Crippen molar-refractivity contribution in [2.75, 3.05) is 20.3 Å². The highest BCUT2D eigenvalue weighted by Gasteiger charge is 2.33. The number of nitrogens with zero attached hydrogens (tertiary/aromatic N) is 3. The number of esters is 1. The summed E-state index contributed by atoms with van der Waals surface area (Å²) < 4.78 is 17.7. The molecule has 0 bridgehead atoms. The van der Waals surface area contributed by atoms with Crippen LogP contribution in [0.15, 0.2) is 76.2 Å². The van der Waals surface area contributed by atoms with Crippen molar-refractivity contribution >= 4 is 29.1 Å². The Morgan fingerprint density at radius 1 is 1.26 bits per heavy atom. The lowest BCUT2D eigenvalue weighted by Crippen LogP contribution is -2.39. The Bertz CT molecular complexity index is 1620. The van der Waals surface area contributed by atoms with E-state index in [2.05, 4.69) is 11.6 Å². The number of hydrogen-bond acceptors (Lipinski definition) is 9. The van der Waals surface area contributed by atoms with Gasteiger partial charge in [-0.2, -0.15) is 0 Å². The summed E-state index contributed by atoms with van der Waals surface area (Å²) in [7, 11) is 1.35. The van der Waals surface area contributed by atoms with Gasteiger partial charge in [0.05, 0.1) is 40.5 Å². The van der Waals surface area contributed by atoms with Crippen LogP contribution in [0.4, 0.5) is 5.69 Å². The predicted molar refractivity (Wildman–Crippen MR) is 142 cm³/mol. The number of rotatable bonds is 9. The van der Waals surface area contributed by atoms with E-state index in [0.717, 1.165) is 11.3 Å². The molecule has 1 atom stereocenters. The summed E-state index contributed by atoms with van der Waals surface area (Å²) in [6.45, 7) is 7.55. The topological polar surface area (TPSA) is 122 Å². The van der Waals surface area contributed by atoms with E-state index in [1.165, 1.54) is 23.8 Å². The lowest BCUT2D eigenvalue weighted by Gasteiger charge is -2.24. The van der Waals surface area contributed by atoms with Gasteiger partial charge in [-0.3, -0.25) is 19.5 Å². The smallest absolute Gasteiger partial charge is 0.338 e. The zero-order valence-corrected chi connectivity index (χ0v) is 21.8. The van der Waals surface area contributed by atoms with Crippen LogP contribution >= 0.6 is 11.3 Å². The number of fused-ring (bicyclic) bond motifs is 1. The second-order valence-electron chi connectivity index (χ2n) is 8.16. The molecule has 2 heterocycles. The number of methoxy groups -OCH3 is 1. The van der Waals surface area contributed by atoms with Crippen molar-refractivity contribution in [2.24, 2.45) is 4.99 Å². The number of allylic oxidation sites excluding steroid dienone is 1. The zero-order chi connectivity index (χ0) is 27.4. The Kier molecular flexibility index (Phi) is 7.87. The molecule has 1 aromatic heterocycles. The molecule has 0 saturated heterocycles. The van der Waals surface area contributed by atoms with Gasteiger partial charge in [-0.15, -0.1) is 0 Å². The normalized spacial score (nSPS) is 14.9. The Morgan fingerprint density at radius 3 is 2.63 bits per heavy atom. The van der Waals surface area contributed by atoms with Crippen LogP contribution in [0, 0.1) is 10.1 Å². The van der Waals surface area contributed by atoms with Gasteiger partial charge < -0.3 is 14.2 Å². The molecule has 0 N–H and O–H groups in total. The van der Waals surface area contributed by atoms with E-state index >= 15 is 0 Å². The van der Waals surface area contributed by atoms with Crippen molar-refractivity contribution in [1.29, 1.82) is 0 Å². The lowest BCUT2D eigenvalue weighted by molar-refractivity contribution is -0.385. The largest absolute Gasteiger partial charge is 0.490 e. The second kappa shape index (κ2) is 11.3. The molecule has 196 valence electrons. The van der Waals surface area contributed by atoms with Crippen molar-refractivity contribution in [2.45, 2.75) is 19.9 Å². The van der Waals surface area contributed by atoms with Crippen molar-refractivity contribution in [3.63, 3.8) is 0 Å². The maximum Gasteiger partial charge on any atom is 0.338 e. The van der Waals surface area contributed by atoms with E-state index in [0.29, 0.717) is 38.5 Å². The first-order valence-electron chi connectivity index (χ1n) is 11.6. The van der Waals surface area contributed by atoms with Gasteiger partial charge in [-0.1, -0.05) is 42.2 Å². The maximum atomic E-state index is 13.7. The van der Waals surface area contributed by atoms with E-state index in [4.69, 9.17) is 14.2 Å². The molecule has 0 fully saturated rings. The quantitative estimate of drug-likeness (QED) is 0.178. The molecule has 0 unspecified atom stereocenters. The molecule has 38 heavy (non-hydrogen) atoms. The van der Waals surface area contributed by atoms with E-state index in [-0.39, 0.29) is 23.6 Å². The molecule has 10 nitrogen and oxygen atoms in total. The highest BCUT2D eigenvalue weighted by Crippen LogP contribution is 2.32. The molecule has 0 amide bonds. The first kappa shape index (κ1) is 26.6. The van der Waals surface area contributed by atoms with Crippen LogP contribution in [-0.4, -0.2) is 35.8 Å². The molecule has 0 spiro atoms. The van der Waals surface area contributed by atoms with Crippen LogP contribution < -0.4 is 24.4 Å². The minimum Gasteiger partial charge on any atom is -0.490 e. The Balaban J connectivity index is 1.88. The van der Waals surface area contributed by atoms with Crippen LogP contribution in [0.1, 0.15) is 31.0 Å². The molecule has 11 heteroatoms. The van der Waals surface area contributed by atoms with Gasteiger partial charge in [0.15, 0.2) is 10.6 Å². The van der Waals surface area contributed by atoms with E-state index in [9.17, 15) is 19.7 Å². The monoisotopic (exact) mass is 535 g/mol. The minimum absolute atomic E-state index is 0.115. The number of nitro groups is 1. The fourth-order valence-corrected chi connectivity index (χ4v) is 5.15. The number of ether oxygens (including phenoxy) is 3. The molecule has 1 aliphatic heterocycles. The summed E-state index contributed by atoms with van der Waals surface area (Å²) in [6, 6.07) is 10.7. The highest BCUT2D eigenvalue weighted by molar-refractivity contribution is 7.07. The van der Waals surface area contributed by atoms with E-state index < -0.39 is 22.5 Å². The van der Waals surface area contributed by atoms with Crippen molar-refractivity contribution in [1.82, 2.24) is 4.57 Å². The first-order valence-corrected chi connectivity index (χ1v) is 12.5. The maximum absolute atomic E-state index is 13.7. The molecule has 0 aliphatic carbocycles. The molecule has 4 rings (SSSR count). The summed E-state index contributed by atoms with van der Waals surface area (Å²) in [4.78, 5) is 42.5. The highest BCUT2D eigenvalue weighted by atomic mass is 32.1. The third-order valence-electron chi connectivity index (χ3n) is 5.78. The fourth-order valence-electron chi connectivity index (χ4n) is 4.10.